The lowest BCUT2D eigenvalue weighted by Gasteiger charge is -2.36. The van der Waals surface area contributed by atoms with Crippen LogP contribution in [0.5, 0.6) is 0 Å². The number of nitrogens with zero attached hydrogens (tertiary/aromatic N) is 3. The molecule has 1 aliphatic heterocycles. The van der Waals surface area contributed by atoms with Crippen LogP contribution in [0, 0.1) is 6.92 Å². The van der Waals surface area contributed by atoms with Gasteiger partial charge in [0.15, 0.2) is 0 Å². The van der Waals surface area contributed by atoms with Crippen LogP contribution in [-0.2, 0) is 6.54 Å². The summed E-state index contributed by atoms with van der Waals surface area (Å²) in [6.45, 7) is 9.20. The molecule has 2 unspecified atom stereocenters. The standard InChI is InChI=1S/C16H22N4O/c1-11-6-4-5-7-14(11)16-18-15(21-19-16)10-20-9-12(2)17-8-13(20)3/h4-7,12-13,17H,8-10H2,1-3H3. The van der Waals surface area contributed by atoms with Gasteiger partial charge >= 0.3 is 0 Å². The van der Waals surface area contributed by atoms with Gasteiger partial charge in [-0.15, -0.1) is 0 Å². The van der Waals surface area contributed by atoms with Crippen molar-refractivity contribution in [2.24, 2.45) is 0 Å². The maximum Gasteiger partial charge on any atom is 0.241 e. The third-order valence-corrected chi connectivity index (χ3v) is 4.09. The summed E-state index contributed by atoms with van der Waals surface area (Å²) in [6, 6.07) is 9.09. The van der Waals surface area contributed by atoms with Gasteiger partial charge in [0, 0.05) is 30.7 Å². The number of hydrogen-bond donors (Lipinski definition) is 1. The molecule has 0 spiro atoms. The molecule has 0 aliphatic carbocycles. The Morgan fingerprint density at radius 3 is 2.95 bits per heavy atom. The zero-order valence-corrected chi connectivity index (χ0v) is 12.8. The van der Waals surface area contributed by atoms with Crippen molar-refractivity contribution in [3.8, 4) is 11.4 Å². The van der Waals surface area contributed by atoms with Crippen LogP contribution in [0.4, 0.5) is 0 Å². The largest absolute Gasteiger partial charge is 0.338 e. The predicted octanol–water partition coefficient (Wildman–Crippen LogP) is 2.23. The van der Waals surface area contributed by atoms with Gasteiger partial charge in [-0.25, -0.2) is 0 Å². The highest BCUT2D eigenvalue weighted by Gasteiger charge is 2.24. The second kappa shape index (κ2) is 5.95. The molecule has 2 atom stereocenters. The van der Waals surface area contributed by atoms with Crippen molar-refractivity contribution in [1.82, 2.24) is 20.4 Å². The molecule has 112 valence electrons. The van der Waals surface area contributed by atoms with Crippen LogP contribution >= 0.6 is 0 Å². The predicted molar refractivity (Wildman–Crippen MR) is 81.8 cm³/mol. The number of piperazine rings is 1. The first-order valence-corrected chi connectivity index (χ1v) is 7.49. The molecule has 5 heteroatoms. The van der Waals surface area contributed by atoms with Crippen molar-refractivity contribution in [2.75, 3.05) is 13.1 Å². The highest BCUT2D eigenvalue weighted by atomic mass is 16.5. The fourth-order valence-corrected chi connectivity index (χ4v) is 2.74. The Morgan fingerprint density at radius 2 is 2.14 bits per heavy atom. The summed E-state index contributed by atoms with van der Waals surface area (Å²) in [4.78, 5) is 6.94. The molecule has 1 aliphatic rings. The van der Waals surface area contributed by atoms with Crippen LogP contribution in [0.2, 0.25) is 0 Å². The SMILES string of the molecule is Cc1ccccc1-c1noc(CN2CC(C)NCC2C)n1. The maximum atomic E-state index is 5.44. The van der Waals surface area contributed by atoms with E-state index in [0.29, 0.717) is 30.3 Å². The Kier molecular flexibility index (Phi) is 4.03. The van der Waals surface area contributed by atoms with E-state index in [1.54, 1.807) is 0 Å². The molecule has 0 saturated carbocycles. The first-order chi connectivity index (χ1) is 10.1. The molecule has 0 bridgehead atoms. The lowest BCUT2D eigenvalue weighted by molar-refractivity contribution is 0.123. The molecule has 1 aromatic carbocycles. The van der Waals surface area contributed by atoms with Crippen LogP contribution in [0.1, 0.15) is 25.3 Å². The molecule has 5 nitrogen and oxygen atoms in total. The highest BCUT2D eigenvalue weighted by molar-refractivity contribution is 5.58. The van der Waals surface area contributed by atoms with Gasteiger partial charge in [0.05, 0.1) is 6.54 Å². The molecule has 2 aromatic rings. The van der Waals surface area contributed by atoms with Gasteiger partial charge in [-0.2, -0.15) is 4.98 Å². The molecule has 21 heavy (non-hydrogen) atoms. The molecule has 3 rings (SSSR count). The number of benzene rings is 1. The van der Waals surface area contributed by atoms with Crippen LogP contribution in [0.15, 0.2) is 28.8 Å². The summed E-state index contributed by atoms with van der Waals surface area (Å²) in [5.74, 6) is 1.37. The van der Waals surface area contributed by atoms with Gasteiger partial charge in [-0.1, -0.05) is 29.4 Å². The van der Waals surface area contributed by atoms with E-state index in [9.17, 15) is 0 Å². The van der Waals surface area contributed by atoms with E-state index in [2.05, 4.69) is 47.2 Å². The quantitative estimate of drug-likeness (QED) is 0.937. The third-order valence-electron chi connectivity index (χ3n) is 4.09. The van der Waals surface area contributed by atoms with Gasteiger partial charge in [0.1, 0.15) is 0 Å². The molecular weight excluding hydrogens is 264 g/mol. The lowest BCUT2D eigenvalue weighted by Crippen LogP contribution is -2.53. The van der Waals surface area contributed by atoms with Gasteiger partial charge in [-0.3, -0.25) is 4.90 Å². The summed E-state index contributed by atoms with van der Waals surface area (Å²) in [7, 11) is 0. The zero-order chi connectivity index (χ0) is 14.8. The van der Waals surface area contributed by atoms with E-state index in [0.717, 1.165) is 24.2 Å². The molecule has 1 fully saturated rings. The Hall–Kier alpha value is -1.72. The van der Waals surface area contributed by atoms with E-state index in [1.165, 1.54) is 0 Å². The first kappa shape index (κ1) is 14.2. The second-order valence-corrected chi connectivity index (χ2v) is 5.91. The maximum absolute atomic E-state index is 5.44. The second-order valence-electron chi connectivity index (χ2n) is 5.91. The number of hydrogen-bond acceptors (Lipinski definition) is 5. The van der Waals surface area contributed by atoms with Crippen LogP contribution in [0.25, 0.3) is 11.4 Å². The normalized spacial score (nSPS) is 23.4. The van der Waals surface area contributed by atoms with E-state index < -0.39 is 0 Å². The van der Waals surface area contributed by atoms with E-state index in [4.69, 9.17) is 4.52 Å². The number of aromatic nitrogens is 2. The van der Waals surface area contributed by atoms with Crippen LogP contribution in [-0.4, -0.2) is 40.2 Å². The Morgan fingerprint density at radius 1 is 1.33 bits per heavy atom. The Labute approximate surface area is 125 Å². The summed E-state index contributed by atoms with van der Waals surface area (Å²) in [5, 5.41) is 7.61. The summed E-state index contributed by atoms with van der Waals surface area (Å²) < 4.78 is 5.44. The van der Waals surface area contributed by atoms with Gasteiger partial charge in [0.25, 0.3) is 0 Å². The minimum absolute atomic E-state index is 0.481. The molecule has 1 N–H and O–H groups in total. The summed E-state index contributed by atoms with van der Waals surface area (Å²) in [5.41, 5.74) is 2.20. The van der Waals surface area contributed by atoms with Crippen molar-refractivity contribution < 1.29 is 4.52 Å². The van der Waals surface area contributed by atoms with Crippen molar-refractivity contribution in [1.29, 1.82) is 0 Å². The molecule has 1 aromatic heterocycles. The fraction of sp³-hybridized carbons (Fsp3) is 0.500. The van der Waals surface area contributed by atoms with Crippen molar-refractivity contribution in [3.63, 3.8) is 0 Å². The summed E-state index contributed by atoms with van der Waals surface area (Å²) in [6.07, 6.45) is 0. The molecule has 1 saturated heterocycles. The average molecular weight is 286 g/mol. The van der Waals surface area contributed by atoms with Crippen molar-refractivity contribution >= 4 is 0 Å². The van der Waals surface area contributed by atoms with Gasteiger partial charge in [0.2, 0.25) is 11.7 Å². The molecule has 0 radical (unpaired) electrons. The zero-order valence-electron chi connectivity index (χ0n) is 12.8. The molecule has 2 heterocycles. The monoisotopic (exact) mass is 286 g/mol. The van der Waals surface area contributed by atoms with Crippen LogP contribution in [0.3, 0.4) is 0 Å². The lowest BCUT2D eigenvalue weighted by atomic mass is 10.1. The average Bonchev–Trinajstić information content (AvgIpc) is 2.92. The Balaban J connectivity index is 1.75. The number of aryl methyl sites for hydroxylation is 1. The van der Waals surface area contributed by atoms with Crippen LogP contribution < -0.4 is 5.32 Å². The van der Waals surface area contributed by atoms with E-state index in [-0.39, 0.29) is 0 Å². The minimum atomic E-state index is 0.481. The Bertz CT molecular complexity index is 610. The van der Waals surface area contributed by atoms with Crippen molar-refractivity contribution in [3.05, 3.63) is 35.7 Å². The molecule has 0 amide bonds. The minimum Gasteiger partial charge on any atom is -0.338 e. The van der Waals surface area contributed by atoms with E-state index >= 15 is 0 Å². The van der Waals surface area contributed by atoms with E-state index in [1.807, 2.05) is 18.2 Å². The van der Waals surface area contributed by atoms with Crippen molar-refractivity contribution in [2.45, 2.75) is 39.4 Å². The topological polar surface area (TPSA) is 54.2 Å². The smallest absolute Gasteiger partial charge is 0.241 e. The first-order valence-electron chi connectivity index (χ1n) is 7.49. The highest BCUT2D eigenvalue weighted by Crippen LogP contribution is 2.20. The van der Waals surface area contributed by atoms with Gasteiger partial charge in [-0.05, 0) is 26.3 Å². The number of rotatable bonds is 3. The third kappa shape index (κ3) is 3.14. The number of nitrogens with one attached hydrogen (secondary N) is 1. The fourth-order valence-electron chi connectivity index (χ4n) is 2.74. The molecular formula is C16H22N4O. The summed E-state index contributed by atoms with van der Waals surface area (Å²) >= 11 is 0. The van der Waals surface area contributed by atoms with Gasteiger partial charge < -0.3 is 9.84 Å².